The van der Waals surface area contributed by atoms with Crippen molar-refractivity contribution < 1.29 is 4.42 Å². The molecule has 0 aliphatic carbocycles. The van der Waals surface area contributed by atoms with E-state index < -0.39 is 0 Å². The molecule has 1 aliphatic rings. The Morgan fingerprint density at radius 3 is 3.05 bits per heavy atom. The van der Waals surface area contributed by atoms with Crippen molar-refractivity contribution >= 4 is 11.6 Å². The number of nitrogens with one attached hydrogen (secondary N) is 1. The predicted molar refractivity (Wildman–Crippen MR) is 90.4 cm³/mol. The largest absolute Gasteiger partial charge is 0.469 e. The summed E-state index contributed by atoms with van der Waals surface area (Å²) in [4.78, 5) is 6.99. The zero-order valence-electron chi connectivity index (χ0n) is 12.7. The first kappa shape index (κ1) is 14.4. The van der Waals surface area contributed by atoms with Crippen molar-refractivity contribution in [1.29, 1.82) is 0 Å². The number of nitrogens with zero attached hydrogens (tertiary/aromatic N) is 2. The molecular formula is C18H21N3O. The van der Waals surface area contributed by atoms with E-state index in [0.717, 1.165) is 31.1 Å². The second-order valence-corrected chi connectivity index (χ2v) is 5.23. The van der Waals surface area contributed by atoms with Crippen molar-refractivity contribution in [1.82, 2.24) is 5.32 Å². The van der Waals surface area contributed by atoms with Crippen molar-refractivity contribution in [2.45, 2.75) is 12.8 Å². The maximum atomic E-state index is 5.36. The zero-order chi connectivity index (χ0) is 15.2. The minimum absolute atomic E-state index is 0.700. The van der Waals surface area contributed by atoms with Crippen molar-refractivity contribution in [2.75, 3.05) is 24.5 Å². The number of para-hydroxylation sites is 1. The third kappa shape index (κ3) is 3.22. The van der Waals surface area contributed by atoms with Gasteiger partial charge in [-0.25, -0.2) is 0 Å². The summed E-state index contributed by atoms with van der Waals surface area (Å²) in [5.41, 5.74) is 2.62. The van der Waals surface area contributed by atoms with Crippen LogP contribution in [0.15, 0.2) is 64.7 Å². The summed E-state index contributed by atoms with van der Waals surface area (Å²) in [5, 5.41) is 3.36. The van der Waals surface area contributed by atoms with Crippen LogP contribution in [-0.4, -0.2) is 25.6 Å². The molecule has 2 aromatic rings. The maximum Gasteiger partial charge on any atom is 0.198 e. The Morgan fingerprint density at radius 1 is 1.32 bits per heavy atom. The maximum absolute atomic E-state index is 5.36. The van der Waals surface area contributed by atoms with Gasteiger partial charge >= 0.3 is 0 Å². The first-order chi connectivity index (χ1) is 10.9. The lowest BCUT2D eigenvalue weighted by atomic mass is 10.2. The van der Waals surface area contributed by atoms with E-state index in [2.05, 4.69) is 41.1 Å². The van der Waals surface area contributed by atoms with Crippen molar-refractivity contribution in [3.05, 3.63) is 66.6 Å². The second kappa shape index (κ2) is 6.98. The highest BCUT2D eigenvalue weighted by Gasteiger charge is 2.22. The smallest absolute Gasteiger partial charge is 0.198 e. The molecule has 114 valence electrons. The lowest BCUT2D eigenvalue weighted by molar-refractivity contribution is 0.511. The van der Waals surface area contributed by atoms with Gasteiger partial charge in [0.1, 0.15) is 5.76 Å². The summed E-state index contributed by atoms with van der Waals surface area (Å²) in [7, 11) is 0. The van der Waals surface area contributed by atoms with Gasteiger partial charge in [-0.1, -0.05) is 24.3 Å². The molecule has 4 heteroatoms. The van der Waals surface area contributed by atoms with Crippen molar-refractivity contribution in [3.63, 3.8) is 0 Å². The van der Waals surface area contributed by atoms with Crippen LogP contribution < -0.4 is 10.2 Å². The summed E-state index contributed by atoms with van der Waals surface area (Å²) in [5.74, 6) is 1.88. The van der Waals surface area contributed by atoms with Crippen molar-refractivity contribution in [3.8, 4) is 0 Å². The summed E-state index contributed by atoms with van der Waals surface area (Å²) >= 11 is 0. The number of anilines is 1. The Kier molecular flexibility index (Phi) is 4.59. The van der Waals surface area contributed by atoms with Gasteiger partial charge in [0.25, 0.3) is 0 Å². The molecule has 1 aromatic heterocycles. The van der Waals surface area contributed by atoms with Gasteiger partial charge in [-0.3, -0.25) is 4.99 Å². The van der Waals surface area contributed by atoms with Crippen LogP contribution in [0.25, 0.3) is 0 Å². The van der Waals surface area contributed by atoms with Crippen LogP contribution in [0, 0.1) is 0 Å². The molecule has 0 saturated heterocycles. The lowest BCUT2D eigenvalue weighted by Gasteiger charge is -2.22. The molecule has 0 unspecified atom stereocenters. The molecular weight excluding hydrogens is 274 g/mol. The first-order valence-corrected chi connectivity index (χ1v) is 7.65. The topological polar surface area (TPSA) is 40.8 Å². The molecule has 1 aromatic carbocycles. The van der Waals surface area contributed by atoms with E-state index in [1.165, 1.54) is 11.3 Å². The van der Waals surface area contributed by atoms with Crippen LogP contribution >= 0.6 is 0 Å². The molecule has 0 radical (unpaired) electrons. The number of hydrogen-bond donors (Lipinski definition) is 1. The lowest BCUT2D eigenvalue weighted by Crippen LogP contribution is -2.41. The normalized spacial score (nSPS) is 14.0. The van der Waals surface area contributed by atoms with Gasteiger partial charge in [-0.2, -0.15) is 0 Å². The van der Waals surface area contributed by atoms with E-state index in [1.807, 2.05) is 18.2 Å². The minimum atomic E-state index is 0.700. The van der Waals surface area contributed by atoms with Crippen molar-refractivity contribution in [2.24, 2.45) is 4.99 Å². The molecule has 0 fully saturated rings. The Labute approximate surface area is 131 Å². The van der Waals surface area contributed by atoms with Gasteiger partial charge in [-0.15, -0.1) is 6.58 Å². The summed E-state index contributed by atoms with van der Waals surface area (Å²) in [6, 6.07) is 12.4. The average Bonchev–Trinajstić information content (AvgIpc) is 3.20. The van der Waals surface area contributed by atoms with E-state index >= 15 is 0 Å². The third-order valence-electron chi connectivity index (χ3n) is 3.75. The number of guanidine groups is 1. The zero-order valence-corrected chi connectivity index (χ0v) is 12.7. The molecule has 0 spiro atoms. The fourth-order valence-electron chi connectivity index (χ4n) is 2.69. The molecule has 1 N–H and O–H groups in total. The van der Waals surface area contributed by atoms with Gasteiger partial charge in [0, 0.05) is 31.7 Å². The summed E-state index contributed by atoms with van der Waals surface area (Å²) < 4.78 is 5.36. The molecule has 0 bridgehead atoms. The molecule has 0 atom stereocenters. The fraction of sp³-hybridized carbons (Fsp3) is 0.278. The van der Waals surface area contributed by atoms with Gasteiger partial charge in [0.15, 0.2) is 5.96 Å². The Bertz CT molecular complexity index is 646. The van der Waals surface area contributed by atoms with E-state index in [1.54, 1.807) is 6.26 Å². The SMILES string of the molecule is C=CCNC(=NCCc1ccco1)N1CCc2ccccc21. The van der Waals surface area contributed by atoms with E-state index in [4.69, 9.17) is 9.41 Å². The highest BCUT2D eigenvalue weighted by atomic mass is 16.3. The van der Waals surface area contributed by atoms with Gasteiger partial charge in [0.2, 0.25) is 0 Å². The second-order valence-electron chi connectivity index (χ2n) is 5.23. The van der Waals surface area contributed by atoms with Crippen LogP contribution in [0.1, 0.15) is 11.3 Å². The average molecular weight is 295 g/mol. The van der Waals surface area contributed by atoms with Gasteiger partial charge in [-0.05, 0) is 30.2 Å². The fourth-order valence-corrected chi connectivity index (χ4v) is 2.69. The molecule has 2 heterocycles. The number of fused-ring (bicyclic) bond motifs is 1. The molecule has 0 saturated carbocycles. The van der Waals surface area contributed by atoms with E-state index in [0.29, 0.717) is 13.1 Å². The number of rotatable bonds is 5. The number of furan rings is 1. The number of hydrogen-bond acceptors (Lipinski definition) is 2. The standard InChI is InChI=1S/C18H21N3O/c1-2-11-19-18(20-12-9-16-7-5-14-22-16)21-13-10-15-6-3-4-8-17(15)21/h2-8,14H,1,9-13H2,(H,19,20). The number of benzene rings is 1. The monoisotopic (exact) mass is 295 g/mol. The van der Waals surface area contributed by atoms with Crippen LogP contribution in [0.5, 0.6) is 0 Å². The highest BCUT2D eigenvalue weighted by molar-refractivity contribution is 5.98. The van der Waals surface area contributed by atoms with E-state index in [-0.39, 0.29) is 0 Å². The Balaban J connectivity index is 1.73. The summed E-state index contributed by atoms with van der Waals surface area (Å²) in [6.45, 7) is 6.14. The molecule has 4 nitrogen and oxygen atoms in total. The first-order valence-electron chi connectivity index (χ1n) is 7.65. The van der Waals surface area contributed by atoms with Gasteiger partial charge in [0.05, 0.1) is 6.26 Å². The van der Waals surface area contributed by atoms with Crippen LogP contribution in [0.2, 0.25) is 0 Å². The third-order valence-corrected chi connectivity index (χ3v) is 3.75. The Hall–Kier alpha value is -2.49. The molecule has 3 rings (SSSR count). The Morgan fingerprint density at radius 2 is 2.23 bits per heavy atom. The summed E-state index contributed by atoms with van der Waals surface area (Å²) in [6.07, 6.45) is 5.42. The predicted octanol–water partition coefficient (Wildman–Crippen LogP) is 3.02. The van der Waals surface area contributed by atoms with Crippen LogP contribution in [0.4, 0.5) is 5.69 Å². The molecule has 22 heavy (non-hydrogen) atoms. The number of aliphatic imine (C=N–C) groups is 1. The van der Waals surface area contributed by atoms with Crippen LogP contribution in [-0.2, 0) is 12.8 Å². The minimum Gasteiger partial charge on any atom is -0.469 e. The van der Waals surface area contributed by atoms with Crippen LogP contribution in [0.3, 0.4) is 0 Å². The highest BCUT2D eigenvalue weighted by Crippen LogP contribution is 2.27. The van der Waals surface area contributed by atoms with Gasteiger partial charge < -0.3 is 14.6 Å². The van der Waals surface area contributed by atoms with E-state index in [9.17, 15) is 0 Å². The quantitative estimate of drug-likeness (QED) is 0.524. The molecule has 0 amide bonds. The molecule has 1 aliphatic heterocycles.